The Kier molecular flexibility index (Phi) is 1.79. The van der Waals surface area contributed by atoms with Crippen molar-refractivity contribution in [3.05, 3.63) is 0 Å². The molecule has 3 nitrogen and oxygen atoms in total. The van der Waals surface area contributed by atoms with Crippen molar-refractivity contribution >= 4 is 6.02 Å². The first-order valence-electron chi connectivity index (χ1n) is 5.04. The van der Waals surface area contributed by atoms with Crippen molar-refractivity contribution < 1.29 is 4.74 Å². The van der Waals surface area contributed by atoms with E-state index in [2.05, 4.69) is 18.8 Å². The van der Waals surface area contributed by atoms with Crippen LogP contribution < -0.4 is 5.73 Å². The molecule has 1 fully saturated rings. The van der Waals surface area contributed by atoms with Crippen molar-refractivity contribution in [1.29, 1.82) is 0 Å². The van der Waals surface area contributed by atoms with Gasteiger partial charge in [-0.3, -0.25) is 0 Å². The fourth-order valence-corrected chi connectivity index (χ4v) is 2.50. The second-order valence-corrected chi connectivity index (χ2v) is 4.86. The molecular formula is C10H18N2O. The van der Waals surface area contributed by atoms with E-state index in [9.17, 15) is 0 Å². The van der Waals surface area contributed by atoms with Crippen molar-refractivity contribution in [2.24, 2.45) is 16.1 Å². The maximum atomic E-state index is 5.59. The maximum absolute atomic E-state index is 5.59. The first kappa shape index (κ1) is 8.85. The fraction of sp³-hybridized carbons (Fsp3) is 0.900. The van der Waals surface area contributed by atoms with E-state index in [1.54, 1.807) is 0 Å². The van der Waals surface area contributed by atoms with Crippen LogP contribution in [0.1, 0.15) is 39.5 Å². The lowest BCUT2D eigenvalue weighted by atomic mass is 9.64. The molecule has 0 amide bonds. The highest BCUT2D eigenvalue weighted by Gasteiger charge is 2.50. The molecule has 13 heavy (non-hydrogen) atoms. The molecule has 0 bridgehead atoms. The summed E-state index contributed by atoms with van der Waals surface area (Å²) in [5, 5.41) is 0. The lowest BCUT2D eigenvalue weighted by Crippen LogP contribution is -2.46. The number of amidine groups is 1. The minimum atomic E-state index is -0.0185. The molecule has 74 valence electrons. The Morgan fingerprint density at radius 3 is 2.54 bits per heavy atom. The van der Waals surface area contributed by atoms with Gasteiger partial charge in [0.05, 0.1) is 0 Å². The molecule has 2 N–H and O–H groups in total. The lowest BCUT2D eigenvalue weighted by Gasteiger charge is -2.44. The van der Waals surface area contributed by atoms with Crippen LogP contribution in [0.2, 0.25) is 0 Å². The first-order chi connectivity index (χ1) is 6.06. The van der Waals surface area contributed by atoms with Gasteiger partial charge in [0.25, 0.3) is 6.02 Å². The predicted octanol–water partition coefficient (Wildman–Crippen LogP) is 1.67. The molecule has 0 aromatic heterocycles. The molecule has 1 atom stereocenters. The third-order valence-electron chi connectivity index (χ3n) is 3.68. The van der Waals surface area contributed by atoms with E-state index >= 15 is 0 Å². The zero-order chi connectivity index (χ0) is 9.53. The van der Waals surface area contributed by atoms with Crippen molar-refractivity contribution in [3.63, 3.8) is 0 Å². The summed E-state index contributed by atoms with van der Waals surface area (Å²) in [7, 11) is 0. The summed E-state index contributed by atoms with van der Waals surface area (Å²) >= 11 is 0. The van der Waals surface area contributed by atoms with E-state index in [0.29, 0.717) is 12.6 Å². The Labute approximate surface area is 79.4 Å². The van der Waals surface area contributed by atoms with Gasteiger partial charge in [0.1, 0.15) is 12.1 Å². The molecule has 1 aliphatic heterocycles. The average molecular weight is 182 g/mol. The van der Waals surface area contributed by atoms with Gasteiger partial charge in [-0.05, 0) is 18.3 Å². The number of hydrogen-bond donors (Lipinski definition) is 1. The van der Waals surface area contributed by atoms with E-state index < -0.39 is 0 Å². The highest BCUT2D eigenvalue weighted by molar-refractivity contribution is 5.74. The molecule has 1 spiro atoms. The van der Waals surface area contributed by atoms with Gasteiger partial charge in [0, 0.05) is 0 Å². The molecule has 1 aliphatic carbocycles. The van der Waals surface area contributed by atoms with Crippen LogP contribution in [0.4, 0.5) is 0 Å². The minimum Gasteiger partial charge on any atom is -0.463 e. The summed E-state index contributed by atoms with van der Waals surface area (Å²) < 4.78 is 5.31. The number of nitrogens with zero attached hydrogens (tertiary/aromatic N) is 1. The van der Waals surface area contributed by atoms with Crippen molar-refractivity contribution in [3.8, 4) is 0 Å². The Balaban J connectivity index is 2.29. The molecule has 1 unspecified atom stereocenters. The van der Waals surface area contributed by atoms with Gasteiger partial charge in [0.15, 0.2) is 0 Å². The number of nitrogens with two attached hydrogens (primary N) is 1. The van der Waals surface area contributed by atoms with Crippen molar-refractivity contribution in [2.75, 3.05) is 6.61 Å². The molecule has 0 radical (unpaired) electrons. The lowest BCUT2D eigenvalue weighted by molar-refractivity contribution is 0.0727. The molecule has 3 heteroatoms. The van der Waals surface area contributed by atoms with Crippen molar-refractivity contribution in [1.82, 2.24) is 0 Å². The zero-order valence-corrected chi connectivity index (χ0v) is 8.47. The second-order valence-electron chi connectivity index (χ2n) is 4.86. The molecule has 1 saturated carbocycles. The zero-order valence-electron chi connectivity index (χ0n) is 8.47. The number of rotatable bonds is 0. The molecule has 0 aromatic carbocycles. The largest absolute Gasteiger partial charge is 0.463 e. The number of hydrogen-bond acceptors (Lipinski definition) is 3. The highest BCUT2D eigenvalue weighted by Crippen LogP contribution is 2.48. The topological polar surface area (TPSA) is 47.6 Å². The van der Waals surface area contributed by atoms with Crippen molar-refractivity contribution in [2.45, 2.75) is 45.1 Å². The predicted molar refractivity (Wildman–Crippen MR) is 52.6 cm³/mol. The normalized spacial score (nSPS) is 37.2. The van der Waals surface area contributed by atoms with Gasteiger partial charge in [-0.2, -0.15) is 0 Å². The van der Waals surface area contributed by atoms with Gasteiger partial charge in [-0.15, -0.1) is 0 Å². The van der Waals surface area contributed by atoms with Gasteiger partial charge >= 0.3 is 0 Å². The van der Waals surface area contributed by atoms with Crippen LogP contribution in [-0.2, 0) is 4.74 Å². The second kappa shape index (κ2) is 2.63. The first-order valence-corrected chi connectivity index (χ1v) is 5.04. The van der Waals surface area contributed by atoms with Gasteiger partial charge < -0.3 is 10.5 Å². The summed E-state index contributed by atoms with van der Waals surface area (Å²) in [6.45, 7) is 5.24. The van der Waals surface area contributed by atoms with Crippen LogP contribution in [0, 0.1) is 5.41 Å². The summed E-state index contributed by atoms with van der Waals surface area (Å²) in [6, 6.07) is 0.384. The van der Waals surface area contributed by atoms with Gasteiger partial charge in [-0.1, -0.05) is 26.7 Å². The van der Waals surface area contributed by atoms with Crippen LogP contribution in [0.15, 0.2) is 4.99 Å². The fourth-order valence-electron chi connectivity index (χ4n) is 2.50. The van der Waals surface area contributed by atoms with E-state index in [4.69, 9.17) is 10.5 Å². The smallest absolute Gasteiger partial charge is 0.282 e. The summed E-state index contributed by atoms with van der Waals surface area (Å²) in [4.78, 5) is 4.50. The Hall–Kier alpha value is -0.730. The number of aliphatic imine (C=N–C) groups is 1. The third kappa shape index (κ3) is 1.21. The van der Waals surface area contributed by atoms with E-state index in [0.717, 1.165) is 6.42 Å². The van der Waals surface area contributed by atoms with Crippen LogP contribution in [0.25, 0.3) is 0 Å². The summed E-state index contributed by atoms with van der Waals surface area (Å²) in [5.41, 5.74) is 5.81. The van der Waals surface area contributed by atoms with E-state index in [1.807, 2.05) is 0 Å². The van der Waals surface area contributed by atoms with Crippen LogP contribution in [-0.4, -0.2) is 18.2 Å². The van der Waals surface area contributed by atoms with Crippen LogP contribution in [0.3, 0.4) is 0 Å². The quantitative estimate of drug-likeness (QED) is 0.619. The SMILES string of the molecule is CC1(C)CCCCC12COC(N)=N2. The van der Waals surface area contributed by atoms with Gasteiger partial charge in [-0.25, -0.2) is 4.99 Å². The molecule has 2 aliphatic rings. The standard InChI is InChI=1S/C10H18N2O/c1-9(2)5-3-4-6-10(9)7-13-8(11)12-10/h3-7H2,1-2H3,(H2,11,12). The van der Waals surface area contributed by atoms with Crippen LogP contribution >= 0.6 is 0 Å². The van der Waals surface area contributed by atoms with E-state index in [-0.39, 0.29) is 11.0 Å². The van der Waals surface area contributed by atoms with E-state index in [1.165, 1.54) is 19.3 Å². The minimum absolute atomic E-state index is 0.0185. The monoisotopic (exact) mass is 182 g/mol. The molecule has 0 aromatic rings. The maximum Gasteiger partial charge on any atom is 0.282 e. The Morgan fingerprint density at radius 2 is 2.00 bits per heavy atom. The summed E-state index contributed by atoms with van der Waals surface area (Å²) in [5.74, 6) is 0. The van der Waals surface area contributed by atoms with Gasteiger partial charge in [0.2, 0.25) is 0 Å². The third-order valence-corrected chi connectivity index (χ3v) is 3.68. The molecule has 2 rings (SSSR count). The molecular weight excluding hydrogens is 164 g/mol. The average Bonchev–Trinajstić information content (AvgIpc) is 2.41. The molecule has 1 heterocycles. The Morgan fingerprint density at radius 1 is 1.31 bits per heavy atom. The summed E-state index contributed by atoms with van der Waals surface area (Å²) in [6.07, 6.45) is 4.92. The molecule has 0 saturated heterocycles. The highest BCUT2D eigenvalue weighted by atomic mass is 16.5. The van der Waals surface area contributed by atoms with Crippen LogP contribution in [0.5, 0.6) is 0 Å². The number of ether oxygens (including phenoxy) is 1. The Bertz CT molecular complexity index is 247.